The van der Waals surface area contributed by atoms with Gasteiger partial charge in [-0.1, -0.05) is 26.2 Å². The first-order chi connectivity index (χ1) is 18.5. The molecule has 0 fully saturated rings. The summed E-state index contributed by atoms with van der Waals surface area (Å²) in [5.74, 6) is -92.7. The fourth-order valence-corrected chi connectivity index (χ4v) is 2.76. The molecule has 0 aromatic heterocycles. The van der Waals surface area contributed by atoms with E-state index in [-0.39, 0.29) is 12.8 Å². The summed E-state index contributed by atoms with van der Waals surface area (Å²) in [6, 6.07) is 0. The molecule has 0 heterocycles. The Morgan fingerprint density at radius 3 is 0.977 bits per heavy atom. The van der Waals surface area contributed by atoms with Crippen molar-refractivity contribution in [2.24, 2.45) is 0 Å². The van der Waals surface area contributed by atoms with Crippen LogP contribution in [0.25, 0.3) is 0 Å². The molecule has 0 bridgehead atoms. The van der Waals surface area contributed by atoms with Gasteiger partial charge in [0.05, 0.1) is 0 Å². The zero-order valence-electron chi connectivity index (χ0n) is 20.1. The summed E-state index contributed by atoms with van der Waals surface area (Å²) >= 11 is 0. The van der Waals surface area contributed by atoms with Crippen LogP contribution in [0.5, 0.6) is 0 Å². The van der Waals surface area contributed by atoms with E-state index in [0.29, 0.717) is 6.42 Å². The quantitative estimate of drug-likeness (QED) is 0.135. The van der Waals surface area contributed by atoms with E-state index in [2.05, 4.69) is 0 Å². The van der Waals surface area contributed by atoms with Gasteiger partial charge in [-0.05, 0) is 6.42 Å². The Kier molecular flexibility index (Phi) is 10.8. The van der Waals surface area contributed by atoms with E-state index in [1.165, 1.54) is 6.92 Å². The molecule has 1 amide bonds. The van der Waals surface area contributed by atoms with Crippen LogP contribution in [-0.2, 0) is 4.79 Å². The number of unbranched alkanes of at least 4 members (excludes halogenated alkanes) is 3. The third-order valence-corrected chi connectivity index (χ3v) is 5.51. The van der Waals surface area contributed by atoms with Gasteiger partial charge < -0.3 is 5.32 Å². The topological polar surface area (TPSA) is 29.1 Å². The Labute approximate surface area is 222 Å². The van der Waals surface area contributed by atoms with Crippen molar-refractivity contribution < 1.29 is 106 Å². The van der Waals surface area contributed by atoms with E-state index in [1.54, 1.807) is 0 Å². The van der Waals surface area contributed by atoms with Gasteiger partial charge in [-0.2, -0.15) is 101 Å². The van der Waals surface area contributed by atoms with Crippen molar-refractivity contribution in [3.63, 3.8) is 0 Å². The standard InChI is InChI=1S/C18H14F23NO/c1-2-3-4-5-6-42-7(43)8(19,20)9(21,22)10(23,24)11(25,26)12(27,28)13(29,30)14(31,32)15(33,34)16(35,36)17(37,38)18(39,40)41/h2-6H2,1H3,(H,42,43). The van der Waals surface area contributed by atoms with Crippen molar-refractivity contribution in [3.05, 3.63) is 0 Å². The van der Waals surface area contributed by atoms with Crippen LogP contribution in [0.2, 0.25) is 0 Å². The molecule has 0 aliphatic heterocycles. The van der Waals surface area contributed by atoms with E-state index < -0.39 is 84.3 Å². The molecule has 0 aliphatic carbocycles. The lowest BCUT2D eigenvalue weighted by Gasteiger charge is -2.45. The zero-order valence-corrected chi connectivity index (χ0v) is 20.1. The van der Waals surface area contributed by atoms with Gasteiger partial charge >= 0.3 is 65.4 Å². The van der Waals surface area contributed by atoms with E-state index in [0.717, 1.165) is 5.32 Å². The third kappa shape index (κ3) is 5.62. The predicted octanol–water partition coefficient (Wildman–Crippen LogP) is 8.60. The molecule has 25 heteroatoms. The van der Waals surface area contributed by atoms with Crippen LogP contribution in [0.15, 0.2) is 0 Å². The molecule has 0 spiro atoms. The highest BCUT2D eigenvalue weighted by atomic mass is 19.4. The highest BCUT2D eigenvalue weighted by molar-refractivity contribution is 5.84. The summed E-state index contributed by atoms with van der Waals surface area (Å²) < 4.78 is 307. The number of hydrogen-bond acceptors (Lipinski definition) is 1. The van der Waals surface area contributed by atoms with Gasteiger partial charge in [0, 0.05) is 6.54 Å². The highest BCUT2D eigenvalue weighted by Gasteiger charge is 2.99. The molecule has 0 aromatic rings. The normalized spacial score (nSPS) is 16.0. The number of alkyl halides is 23. The van der Waals surface area contributed by atoms with Gasteiger partial charge in [-0.3, -0.25) is 4.79 Å². The average Bonchev–Trinajstić information content (AvgIpc) is 2.81. The minimum atomic E-state index is -9.46. The molecule has 258 valence electrons. The number of amides is 1. The Bertz CT molecular complexity index is 981. The first-order valence-corrected chi connectivity index (χ1v) is 10.6. The van der Waals surface area contributed by atoms with Crippen molar-refractivity contribution in [3.8, 4) is 0 Å². The summed E-state index contributed by atoms with van der Waals surface area (Å²) in [6.07, 6.45) is -7.87. The first kappa shape index (κ1) is 40.9. The van der Waals surface area contributed by atoms with Crippen LogP contribution < -0.4 is 5.32 Å². The molecular weight excluding hydrogens is 683 g/mol. The molecule has 43 heavy (non-hydrogen) atoms. The predicted molar refractivity (Wildman–Crippen MR) is 92.7 cm³/mol. The smallest absolute Gasteiger partial charge is 0.351 e. The summed E-state index contributed by atoms with van der Waals surface area (Å²) in [7, 11) is 0. The third-order valence-electron chi connectivity index (χ3n) is 5.51. The SMILES string of the molecule is CCCCCCNC(=O)C(F)(F)C(F)(F)C(F)(F)C(F)(F)C(F)(F)C(F)(F)C(F)(F)C(F)(F)C(F)(F)C(F)(F)C(F)(F)F. The minimum absolute atomic E-state index is 0.00107. The fraction of sp³-hybridized carbons (Fsp3) is 0.944. The summed E-state index contributed by atoms with van der Waals surface area (Å²) in [5.41, 5.74) is 0. The Morgan fingerprint density at radius 2 is 0.698 bits per heavy atom. The van der Waals surface area contributed by atoms with Gasteiger partial charge in [0.15, 0.2) is 0 Å². The lowest BCUT2D eigenvalue weighted by Crippen LogP contribution is -2.78. The molecule has 0 aliphatic rings. The lowest BCUT2D eigenvalue weighted by atomic mass is 9.85. The highest BCUT2D eigenvalue weighted by Crippen LogP contribution is 2.67. The van der Waals surface area contributed by atoms with Crippen LogP contribution in [0.3, 0.4) is 0 Å². The van der Waals surface area contributed by atoms with E-state index >= 15 is 0 Å². The van der Waals surface area contributed by atoms with Crippen LogP contribution in [0.1, 0.15) is 32.6 Å². The summed E-state index contributed by atoms with van der Waals surface area (Å²) in [4.78, 5) is 11.2. The molecule has 0 atom stereocenters. The number of carbonyl (C=O) groups excluding carboxylic acids is 1. The van der Waals surface area contributed by atoms with Gasteiger partial charge in [0.2, 0.25) is 0 Å². The van der Waals surface area contributed by atoms with Crippen LogP contribution in [0, 0.1) is 0 Å². The Hall–Kier alpha value is -2.14. The molecule has 1 N–H and O–H groups in total. The summed E-state index contributed by atoms with van der Waals surface area (Å²) in [6.45, 7) is 0.397. The number of halogens is 23. The molecule has 0 aromatic carbocycles. The average molecular weight is 697 g/mol. The molecule has 0 rings (SSSR count). The maximum absolute atomic E-state index is 13.8. The van der Waals surface area contributed by atoms with Crippen molar-refractivity contribution in [1.82, 2.24) is 5.32 Å². The molecule has 0 saturated carbocycles. The minimum Gasteiger partial charge on any atom is -0.351 e. The molecule has 0 radical (unpaired) electrons. The maximum Gasteiger partial charge on any atom is 0.460 e. The number of carbonyl (C=O) groups is 1. The van der Waals surface area contributed by atoms with Crippen LogP contribution in [0.4, 0.5) is 101 Å². The first-order valence-electron chi connectivity index (χ1n) is 10.6. The Balaban J connectivity index is 6.92. The van der Waals surface area contributed by atoms with E-state index in [1.807, 2.05) is 0 Å². The van der Waals surface area contributed by atoms with Crippen molar-refractivity contribution in [2.75, 3.05) is 6.54 Å². The molecule has 0 saturated heterocycles. The van der Waals surface area contributed by atoms with Gasteiger partial charge in [-0.25, -0.2) is 0 Å². The van der Waals surface area contributed by atoms with Crippen LogP contribution in [-0.4, -0.2) is 77.9 Å². The van der Waals surface area contributed by atoms with Crippen molar-refractivity contribution in [2.45, 2.75) is 98.0 Å². The molecule has 0 unspecified atom stereocenters. The van der Waals surface area contributed by atoms with Crippen LogP contribution >= 0.6 is 0 Å². The maximum atomic E-state index is 13.8. The second-order valence-corrected chi connectivity index (χ2v) is 8.56. The van der Waals surface area contributed by atoms with Crippen molar-refractivity contribution >= 4 is 5.91 Å². The van der Waals surface area contributed by atoms with Gasteiger partial charge in [0.25, 0.3) is 5.91 Å². The van der Waals surface area contributed by atoms with E-state index in [9.17, 15) is 106 Å². The van der Waals surface area contributed by atoms with Crippen molar-refractivity contribution in [1.29, 1.82) is 0 Å². The lowest BCUT2D eigenvalue weighted by molar-refractivity contribution is -0.477. The number of hydrogen-bond donors (Lipinski definition) is 1. The van der Waals surface area contributed by atoms with Gasteiger partial charge in [0.1, 0.15) is 0 Å². The monoisotopic (exact) mass is 697 g/mol. The van der Waals surface area contributed by atoms with E-state index in [4.69, 9.17) is 0 Å². The Morgan fingerprint density at radius 1 is 0.419 bits per heavy atom. The number of rotatable bonds is 15. The van der Waals surface area contributed by atoms with Gasteiger partial charge in [-0.15, -0.1) is 0 Å². The largest absolute Gasteiger partial charge is 0.460 e. The number of nitrogens with one attached hydrogen (secondary N) is 1. The summed E-state index contributed by atoms with van der Waals surface area (Å²) in [5, 5.41) is 0.719. The second-order valence-electron chi connectivity index (χ2n) is 8.56. The second kappa shape index (κ2) is 11.3. The fourth-order valence-electron chi connectivity index (χ4n) is 2.76. The zero-order chi connectivity index (χ0) is 35.3. The molecule has 2 nitrogen and oxygen atoms in total. The molecular formula is C18H14F23NO.